The van der Waals surface area contributed by atoms with Crippen LogP contribution in [0.25, 0.3) is 0 Å². The number of nitrogens with zero attached hydrogens (tertiary/aromatic N) is 2. The third kappa shape index (κ3) is 4.55. The zero-order chi connectivity index (χ0) is 20.1. The molecule has 1 aromatic carbocycles. The molecule has 2 amide bonds. The second-order valence-electron chi connectivity index (χ2n) is 6.54. The molecule has 0 spiro atoms. The topological polar surface area (TPSA) is 108 Å². The number of nitrogens with one attached hydrogen (secondary N) is 2. The molecule has 1 aliphatic rings. The van der Waals surface area contributed by atoms with Gasteiger partial charge < -0.3 is 10.6 Å². The second kappa shape index (κ2) is 8.49. The van der Waals surface area contributed by atoms with E-state index in [-0.39, 0.29) is 31.0 Å². The summed E-state index contributed by atoms with van der Waals surface area (Å²) in [7, 11) is -3.89. The fraction of sp³-hybridized carbons (Fsp3) is 0.316. The van der Waals surface area contributed by atoms with E-state index in [1.807, 2.05) is 6.92 Å². The largest absolute Gasteiger partial charge is 0.353 e. The first-order valence-electron chi connectivity index (χ1n) is 8.91. The van der Waals surface area contributed by atoms with Gasteiger partial charge in [0, 0.05) is 19.3 Å². The summed E-state index contributed by atoms with van der Waals surface area (Å²) in [5, 5.41) is 5.32. The highest BCUT2D eigenvalue weighted by Crippen LogP contribution is 2.22. The Balaban J connectivity index is 1.74. The predicted octanol–water partition coefficient (Wildman–Crippen LogP) is 0.586. The number of rotatable bonds is 6. The van der Waals surface area contributed by atoms with Crippen LogP contribution >= 0.6 is 0 Å². The van der Waals surface area contributed by atoms with Crippen molar-refractivity contribution in [1.82, 2.24) is 19.9 Å². The van der Waals surface area contributed by atoms with Gasteiger partial charge in [-0.25, -0.2) is 8.42 Å². The van der Waals surface area contributed by atoms with Crippen molar-refractivity contribution in [3.63, 3.8) is 0 Å². The Bertz CT molecular complexity index is 946. The van der Waals surface area contributed by atoms with E-state index in [2.05, 4.69) is 15.6 Å². The molecule has 1 fully saturated rings. The Labute approximate surface area is 164 Å². The summed E-state index contributed by atoms with van der Waals surface area (Å²) in [4.78, 5) is 28.9. The number of sulfonamides is 1. The highest BCUT2D eigenvalue weighted by atomic mass is 32.2. The molecule has 9 heteroatoms. The van der Waals surface area contributed by atoms with Crippen LogP contribution in [0.15, 0.2) is 53.6 Å². The minimum atomic E-state index is -3.89. The Morgan fingerprint density at radius 1 is 1.25 bits per heavy atom. The van der Waals surface area contributed by atoms with Crippen molar-refractivity contribution < 1.29 is 18.0 Å². The Kier molecular flexibility index (Phi) is 6.05. The first kappa shape index (κ1) is 20.0. The average Bonchev–Trinajstić information content (AvgIpc) is 2.69. The van der Waals surface area contributed by atoms with E-state index >= 15 is 0 Å². The van der Waals surface area contributed by atoms with Crippen LogP contribution < -0.4 is 10.6 Å². The van der Waals surface area contributed by atoms with Gasteiger partial charge in [0.05, 0.1) is 23.6 Å². The minimum Gasteiger partial charge on any atom is -0.353 e. The SMILES string of the molecule is Cc1ccc(S(=O)(=O)N2CCNC(=O)C2CC(=O)NCc2ccccn2)cc1. The third-order valence-corrected chi connectivity index (χ3v) is 6.40. The Morgan fingerprint density at radius 2 is 2.00 bits per heavy atom. The van der Waals surface area contributed by atoms with E-state index in [4.69, 9.17) is 0 Å². The van der Waals surface area contributed by atoms with Crippen molar-refractivity contribution >= 4 is 21.8 Å². The molecule has 3 rings (SSSR count). The molecule has 2 heterocycles. The molecular weight excluding hydrogens is 380 g/mol. The monoisotopic (exact) mass is 402 g/mol. The van der Waals surface area contributed by atoms with Gasteiger partial charge in [-0.15, -0.1) is 0 Å². The maximum atomic E-state index is 13.0. The smallest absolute Gasteiger partial charge is 0.243 e. The molecule has 1 aromatic heterocycles. The van der Waals surface area contributed by atoms with Crippen LogP contribution in [0.2, 0.25) is 0 Å². The van der Waals surface area contributed by atoms with Gasteiger partial charge in [-0.1, -0.05) is 23.8 Å². The fourth-order valence-electron chi connectivity index (χ4n) is 2.96. The van der Waals surface area contributed by atoms with E-state index in [0.717, 1.165) is 9.87 Å². The lowest BCUT2D eigenvalue weighted by atomic mass is 10.1. The molecule has 0 bridgehead atoms. The van der Waals surface area contributed by atoms with E-state index < -0.39 is 27.9 Å². The molecule has 1 unspecified atom stereocenters. The molecular formula is C19H22N4O4S. The molecule has 0 saturated carbocycles. The number of benzene rings is 1. The maximum Gasteiger partial charge on any atom is 0.243 e. The summed E-state index contributed by atoms with van der Waals surface area (Å²) in [6.45, 7) is 2.38. The average molecular weight is 402 g/mol. The summed E-state index contributed by atoms with van der Waals surface area (Å²) in [6.07, 6.45) is 1.36. The van der Waals surface area contributed by atoms with Crippen LogP contribution in [-0.2, 0) is 26.2 Å². The van der Waals surface area contributed by atoms with E-state index in [1.165, 1.54) is 12.1 Å². The molecule has 0 aliphatic carbocycles. The van der Waals surface area contributed by atoms with E-state index in [9.17, 15) is 18.0 Å². The summed E-state index contributed by atoms with van der Waals surface area (Å²) >= 11 is 0. The molecule has 1 saturated heterocycles. The number of hydrogen-bond donors (Lipinski definition) is 2. The van der Waals surface area contributed by atoms with E-state index in [0.29, 0.717) is 5.69 Å². The van der Waals surface area contributed by atoms with E-state index in [1.54, 1.807) is 36.5 Å². The Hall–Kier alpha value is -2.78. The standard InChI is InChI=1S/C19H22N4O4S/c1-14-5-7-16(8-6-14)28(26,27)23-11-10-21-19(25)17(23)12-18(24)22-13-15-4-2-3-9-20-15/h2-9,17H,10-13H2,1H3,(H,21,25)(H,22,24). The summed E-state index contributed by atoms with van der Waals surface area (Å²) in [5.74, 6) is -0.897. The predicted molar refractivity (Wildman–Crippen MR) is 103 cm³/mol. The third-order valence-electron chi connectivity index (χ3n) is 4.48. The first-order valence-corrected chi connectivity index (χ1v) is 10.3. The van der Waals surface area contributed by atoms with Crippen LogP contribution in [0.4, 0.5) is 0 Å². The minimum absolute atomic E-state index is 0.103. The van der Waals surface area contributed by atoms with Crippen LogP contribution in [0.3, 0.4) is 0 Å². The van der Waals surface area contributed by atoms with Crippen molar-refractivity contribution in [1.29, 1.82) is 0 Å². The fourth-order valence-corrected chi connectivity index (χ4v) is 4.55. The van der Waals surface area contributed by atoms with Gasteiger partial charge in [-0.05, 0) is 31.2 Å². The summed E-state index contributed by atoms with van der Waals surface area (Å²) < 4.78 is 27.1. The van der Waals surface area contributed by atoms with Gasteiger partial charge in [-0.2, -0.15) is 4.31 Å². The van der Waals surface area contributed by atoms with Crippen molar-refractivity contribution in [2.24, 2.45) is 0 Å². The van der Waals surface area contributed by atoms with Gasteiger partial charge in [-0.3, -0.25) is 14.6 Å². The maximum absolute atomic E-state index is 13.0. The number of piperazine rings is 1. The van der Waals surface area contributed by atoms with Crippen molar-refractivity contribution in [2.45, 2.75) is 30.8 Å². The van der Waals surface area contributed by atoms with Crippen molar-refractivity contribution in [3.8, 4) is 0 Å². The van der Waals surface area contributed by atoms with Crippen LogP contribution in [0.5, 0.6) is 0 Å². The number of aromatic nitrogens is 1. The van der Waals surface area contributed by atoms with Crippen LogP contribution in [-0.4, -0.2) is 48.7 Å². The number of carbonyl (C=O) groups is 2. The van der Waals surface area contributed by atoms with Gasteiger partial charge in [0.1, 0.15) is 6.04 Å². The molecule has 2 N–H and O–H groups in total. The highest BCUT2D eigenvalue weighted by Gasteiger charge is 2.39. The van der Waals surface area contributed by atoms with Crippen LogP contribution in [0.1, 0.15) is 17.7 Å². The summed E-state index contributed by atoms with van der Waals surface area (Å²) in [6, 6.07) is 10.7. The molecule has 2 aromatic rings. The number of aryl methyl sites for hydroxylation is 1. The first-order chi connectivity index (χ1) is 13.4. The zero-order valence-electron chi connectivity index (χ0n) is 15.5. The molecule has 28 heavy (non-hydrogen) atoms. The number of amides is 2. The molecule has 0 radical (unpaired) electrons. The van der Waals surface area contributed by atoms with Crippen molar-refractivity contribution in [3.05, 3.63) is 59.9 Å². The highest BCUT2D eigenvalue weighted by molar-refractivity contribution is 7.89. The van der Waals surface area contributed by atoms with Gasteiger partial charge >= 0.3 is 0 Å². The zero-order valence-corrected chi connectivity index (χ0v) is 16.3. The summed E-state index contributed by atoms with van der Waals surface area (Å²) in [5.41, 5.74) is 1.61. The Morgan fingerprint density at radius 3 is 2.68 bits per heavy atom. The van der Waals surface area contributed by atoms with Gasteiger partial charge in [0.25, 0.3) is 0 Å². The molecule has 1 atom stereocenters. The van der Waals surface area contributed by atoms with Gasteiger partial charge in [0.2, 0.25) is 21.8 Å². The van der Waals surface area contributed by atoms with Gasteiger partial charge in [0.15, 0.2) is 0 Å². The molecule has 8 nitrogen and oxygen atoms in total. The lowest BCUT2D eigenvalue weighted by Crippen LogP contribution is -2.58. The van der Waals surface area contributed by atoms with Crippen LogP contribution in [0, 0.1) is 6.92 Å². The number of hydrogen-bond acceptors (Lipinski definition) is 5. The number of carbonyl (C=O) groups excluding carboxylic acids is 2. The molecule has 148 valence electrons. The van der Waals surface area contributed by atoms with Crippen molar-refractivity contribution in [2.75, 3.05) is 13.1 Å². The normalized spacial score (nSPS) is 17.8. The quantitative estimate of drug-likeness (QED) is 0.735. The molecule has 1 aliphatic heterocycles. The second-order valence-corrected chi connectivity index (χ2v) is 8.43. The lowest BCUT2D eigenvalue weighted by molar-refractivity contribution is -0.131. The lowest BCUT2D eigenvalue weighted by Gasteiger charge is -2.33. The number of pyridine rings is 1.